The second kappa shape index (κ2) is 7.67. The first kappa shape index (κ1) is 16.7. The standard InChI is InChI=1S/C21H26N2O2/c24-16-19-8-6-18(7-9-19)12-22-14-20-21(15-22)25-11-10-23(20)13-17-4-2-1-3-5-17/h1-9,20-21,24H,10-16H2. The number of aliphatic hydroxyl groups excluding tert-OH is 1. The number of ether oxygens (including phenoxy) is 1. The molecular formula is C21H26N2O2. The lowest BCUT2D eigenvalue weighted by Crippen LogP contribution is -2.50. The largest absolute Gasteiger partial charge is 0.392 e. The van der Waals surface area contributed by atoms with Crippen molar-refractivity contribution in [3.05, 3.63) is 71.3 Å². The quantitative estimate of drug-likeness (QED) is 0.907. The van der Waals surface area contributed by atoms with E-state index in [1.54, 1.807) is 0 Å². The molecule has 25 heavy (non-hydrogen) atoms. The van der Waals surface area contributed by atoms with Gasteiger partial charge in [0.25, 0.3) is 0 Å². The monoisotopic (exact) mass is 338 g/mol. The predicted octanol–water partition coefficient (Wildman–Crippen LogP) is 2.26. The van der Waals surface area contributed by atoms with Crippen molar-refractivity contribution in [2.45, 2.75) is 31.8 Å². The Kier molecular flexibility index (Phi) is 5.13. The number of rotatable bonds is 5. The van der Waals surface area contributed by atoms with Crippen LogP contribution in [-0.4, -0.2) is 53.3 Å². The third-order valence-corrected chi connectivity index (χ3v) is 5.33. The number of likely N-dealkylation sites (tertiary alicyclic amines) is 1. The molecule has 0 saturated carbocycles. The fraction of sp³-hybridized carbons (Fsp3) is 0.429. The summed E-state index contributed by atoms with van der Waals surface area (Å²) in [6.45, 7) is 5.95. The highest BCUT2D eigenvalue weighted by Gasteiger charge is 2.39. The molecule has 2 aromatic rings. The van der Waals surface area contributed by atoms with E-state index in [1.807, 2.05) is 12.1 Å². The molecule has 2 aliphatic heterocycles. The van der Waals surface area contributed by atoms with E-state index in [4.69, 9.17) is 4.74 Å². The van der Waals surface area contributed by atoms with Crippen LogP contribution in [0.2, 0.25) is 0 Å². The van der Waals surface area contributed by atoms with Crippen molar-refractivity contribution in [1.82, 2.24) is 9.80 Å². The number of nitrogens with zero attached hydrogens (tertiary/aromatic N) is 2. The zero-order chi connectivity index (χ0) is 17.1. The van der Waals surface area contributed by atoms with E-state index in [-0.39, 0.29) is 6.61 Å². The van der Waals surface area contributed by atoms with Crippen LogP contribution in [0.15, 0.2) is 54.6 Å². The summed E-state index contributed by atoms with van der Waals surface area (Å²) in [4.78, 5) is 5.07. The van der Waals surface area contributed by atoms with Crippen molar-refractivity contribution in [2.24, 2.45) is 0 Å². The molecule has 2 heterocycles. The molecule has 4 rings (SSSR count). The van der Waals surface area contributed by atoms with Gasteiger partial charge in [0.1, 0.15) is 0 Å². The smallest absolute Gasteiger partial charge is 0.0870 e. The molecule has 2 atom stereocenters. The van der Waals surface area contributed by atoms with Crippen LogP contribution in [0.1, 0.15) is 16.7 Å². The summed E-state index contributed by atoms with van der Waals surface area (Å²) in [7, 11) is 0. The summed E-state index contributed by atoms with van der Waals surface area (Å²) < 4.78 is 6.06. The first-order valence-corrected chi connectivity index (χ1v) is 9.12. The molecule has 2 aliphatic rings. The molecule has 0 radical (unpaired) electrons. The van der Waals surface area contributed by atoms with E-state index in [9.17, 15) is 5.11 Å². The molecule has 132 valence electrons. The van der Waals surface area contributed by atoms with Gasteiger partial charge in [-0.15, -0.1) is 0 Å². The zero-order valence-corrected chi connectivity index (χ0v) is 14.6. The van der Waals surface area contributed by atoms with Crippen LogP contribution in [0.5, 0.6) is 0 Å². The maximum Gasteiger partial charge on any atom is 0.0870 e. The lowest BCUT2D eigenvalue weighted by molar-refractivity contribution is -0.0504. The molecule has 0 aromatic heterocycles. The molecule has 4 heteroatoms. The number of hydrogen-bond donors (Lipinski definition) is 1. The topological polar surface area (TPSA) is 35.9 Å². The van der Waals surface area contributed by atoms with Gasteiger partial charge in [0.15, 0.2) is 0 Å². The van der Waals surface area contributed by atoms with Crippen molar-refractivity contribution >= 4 is 0 Å². The van der Waals surface area contributed by atoms with Gasteiger partial charge in [-0.2, -0.15) is 0 Å². The molecular weight excluding hydrogens is 312 g/mol. The van der Waals surface area contributed by atoms with Crippen molar-refractivity contribution in [2.75, 3.05) is 26.2 Å². The minimum absolute atomic E-state index is 0.108. The summed E-state index contributed by atoms with van der Waals surface area (Å²) in [5.74, 6) is 0. The molecule has 1 N–H and O–H groups in total. The van der Waals surface area contributed by atoms with Crippen LogP contribution in [0.4, 0.5) is 0 Å². The Hall–Kier alpha value is -1.72. The van der Waals surface area contributed by atoms with E-state index >= 15 is 0 Å². The summed E-state index contributed by atoms with van der Waals surface area (Å²) >= 11 is 0. The zero-order valence-electron chi connectivity index (χ0n) is 14.6. The number of benzene rings is 2. The van der Waals surface area contributed by atoms with Crippen LogP contribution < -0.4 is 0 Å². The first-order chi connectivity index (χ1) is 12.3. The van der Waals surface area contributed by atoms with Gasteiger partial charge in [-0.05, 0) is 16.7 Å². The number of hydrogen-bond acceptors (Lipinski definition) is 4. The van der Waals surface area contributed by atoms with Crippen molar-refractivity contribution in [3.8, 4) is 0 Å². The third kappa shape index (κ3) is 3.93. The lowest BCUT2D eigenvalue weighted by atomic mass is 10.1. The Morgan fingerprint density at radius 2 is 1.60 bits per heavy atom. The second-order valence-corrected chi connectivity index (χ2v) is 7.10. The molecule has 2 unspecified atom stereocenters. The Balaban J connectivity index is 1.39. The average molecular weight is 338 g/mol. The van der Waals surface area contributed by atoms with Crippen LogP contribution in [0, 0.1) is 0 Å². The lowest BCUT2D eigenvalue weighted by Gasteiger charge is -2.37. The van der Waals surface area contributed by atoms with Crippen molar-refractivity contribution in [1.29, 1.82) is 0 Å². The van der Waals surface area contributed by atoms with Gasteiger partial charge in [-0.1, -0.05) is 54.6 Å². The van der Waals surface area contributed by atoms with Gasteiger partial charge < -0.3 is 9.84 Å². The summed E-state index contributed by atoms with van der Waals surface area (Å²) in [6, 6.07) is 19.5. The van der Waals surface area contributed by atoms with Gasteiger partial charge in [-0.3, -0.25) is 9.80 Å². The number of fused-ring (bicyclic) bond motifs is 1. The number of morpholine rings is 1. The van der Waals surface area contributed by atoms with E-state index in [0.29, 0.717) is 12.1 Å². The molecule has 0 amide bonds. The molecule has 2 saturated heterocycles. The maximum absolute atomic E-state index is 9.17. The van der Waals surface area contributed by atoms with E-state index in [0.717, 1.165) is 44.9 Å². The highest BCUT2D eigenvalue weighted by Crippen LogP contribution is 2.25. The summed E-state index contributed by atoms with van der Waals surface area (Å²) in [5, 5.41) is 9.17. The Morgan fingerprint density at radius 3 is 2.36 bits per heavy atom. The highest BCUT2D eigenvalue weighted by atomic mass is 16.5. The maximum atomic E-state index is 9.17. The van der Waals surface area contributed by atoms with Crippen LogP contribution >= 0.6 is 0 Å². The van der Waals surface area contributed by atoms with Crippen molar-refractivity contribution in [3.63, 3.8) is 0 Å². The average Bonchev–Trinajstić information content (AvgIpc) is 3.07. The third-order valence-electron chi connectivity index (χ3n) is 5.33. The van der Waals surface area contributed by atoms with Gasteiger partial charge in [0.05, 0.1) is 25.4 Å². The first-order valence-electron chi connectivity index (χ1n) is 9.12. The van der Waals surface area contributed by atoms with Gasteiger partial charge in [0, 0.05) is 32.7 Å². The minimum Gasteiger partial charge on any atom is -0.392 e. The van der Waals surface area contributed by atoms with Gasteiger partial charge in [-0.25, -0.2) is 0 Å². The van der Waals surface area contributed by atoms with Gasteiger partial charge in [0.2, 0.25) is 0 Å². The predicted molar refractivity (Wildman–Crippen MR) is 98.0 cm³/mol. The highest BCUT2D eigenvalue weighted by molar-refractivity contribution is 5.22. The molecule has 2 aromatic carbocycles. The second-order valence-electron chi connectivity index (χ2n) is 7.10. The summed E-state index contributed by atoms with van der Waals surface area (Å²) in [6.07, 6.45) is 0.314. The molecule has 0 bridgehead atoms. The Labute approximate surface area is 149 Å². The SMILES string of the molecule is OCc1ccc(CN2CC3OCCN(Cc4ccccc4)C3C2)cc1. The van der Waals surface area contributed by atoms with Crippen LogP contribution in [-0.2, 0) is 24.4 Å². The fourth-order valence-electron chi connectivity index (χ4n) is 3.99. The van der Waals surface area contributed by atoms with E-state index in [2.05, 4.69) is 52.3 Å². The molecule has 4 nitrogen and oxygen atoms in total. The fourth-order valence-corrected chi connectivity index (χ4v) is 3.99. The Morgan fingerprint density at radius 1 is 0.880 bits per heavy atom. The van der Waals surface area contributed by atoms with Gasteiger partial charge >= 0.3 is 0 Å². The molecule has 0 spiro atoms. The van der Waals surface area contributed by atoms with Crippen molar-refractivity contribution < 1.29 is 9.84 Å². The molecule has 2 fully saturated rings. The van der Waals surface area contributed by atoms with Crippen LogP contribution in [0.3, 0.4) is 0 Å². The normalized spacial score (nSPS) is 24.4. The van der Waals surface area contributed by atoms with Crippen LogP contribution in [0.25, 0.3) is 0 Å². The summed E-state index contributed by atoms with van der Waals surface area (Å²) in [5.41, 5.74) is 3.64. The minimum atomic E-state index is 0.108. The Bertz CT molecular complexity index is 674. The number of aliphatic hydroxyl groups is 1. The van der Waals surface area contributed by atoms with E-state index < -0.39 is 0 Å². The van der Waals surface area contributed by atoms with E-state index in [1.165, 1.54) is 11.1 Å². The molecule has 0 aliphatic carbocycles.